The molecule has 0 atom stereocenters. The van der Waals surface area contributed by atoms with Crippen LogP contribution in [0.5, 0.6) is 0 Å². The van der Waals surface area contributed by atoms with E-state index in [1.807, 2.05) is 30.3 Å². The third-order valence-corrected chi connectivity index (χ3v) is 4.82. The van der Waals surface area contributed by atoms with Crippen LogP contribution in [0.2, 0.25) is 0 Å². The van der Waals surface area contributed by atoms with Gasteiger partial charge >= 0.3 is 5.97 Å². The Hall–Kier alpha value is -3.47. The summed E-state index contributed by atoms with van der Waals surface area (Å²) in [4.78, 5) is 25.3. The minimum Gasteiger partial charge on any atom is -0.478 e. The summed E-state index contributed by atoms with van der Waals surface area (Å²) in [6.45, 7) is 0. The summed E-state index contributed by atoms with van der Waals surface area (Å²) in [6, 6.07) is 20.6. The fourth-order valence-corrected chi connectivity index (χ4v) is 3.11. The number of nitrogens with zero attached hydrogens (tertiary/aromatic N) is 1. The number of amides is 1. The van der Waals surface area contributed by atoms with Crippen LogP contribution in [0, 0.1) is 5.82 Å². The number of carboxylic acids is 1. The van der Waals surface area contributed by atoms with Gasteiger partial charge in [-0.05, 0) is 65.9 Å². The standard InChI is InChI=1S/C24H22FNO3/c1-26(23(27)16-19-10-12-21(25)13-11-19)22-7-3-5-18(15-22)9-8-17-4-2-6-20(14-17)24(28)29/h2-7,10-15H,8-9,16H2,1H3,(H,28,29). The van der Waals surface area contributed by atoms with Crippen LogP contribution in [-0.2, 0) is 24.1 Å². The molecule has 0 aliphatic rings. The zero-order valence-electron chi connectivity index (χ0n) is 16.1. The largest absolute Gasteiger partial charge is 0.478 e. The lowest BCUT2D eigenvalue weighted by Crippen LogP contribution is -2.27. The van der Waals surface area contributed by atoms with E-state index in [2.05, 4.69) is 0 Å². The highest BCUT2D eigenvalue weighted by Crippen LogP contribution is 2.18. The molecule has 3 aromatic rings. The van der Waals surface area contributed by atoms with Crippen LogP contribution in [0.25, 0.3) is 0 Å². The second-order valence-corrected chi connectivity index (χ2v) is 6.93. The predicted octanol–water partition coefficient (Wildman–Crippen LogP) is 4.51. The van der Waals surface area contributed by atoms with Gasteiger partial charge in [0.25, 0.3) is 0 Å². The fourth-order valence-electron chi connectivity index (χ4n) is 3.11. The number of carboxylic acid groups (broad SMARTS) is 1. The molecule has 3 aromatic carbocycles. The van der Waals surface area contributed by atoms with Gasteiger partial charge in [-0.15, -0.1) is 0 Å². The SMILES string of the molecule is CN(C(=O)Cc1ccc(F)cc1)c1cccc(CCc2cccc(C(=O)O)c2)c1. The molecule has 1 amide bonds. The third-order valence-electron chi connectivity index (χ3n) is 4.82. The predicted molar refractivity (Wildman–Crippen MR) is 111 cm³/mol. The molecule has 0 bridgehead atoms. The van der Waals surface area contributed by atoms with Gasteiger partial charge < -0.3 is 10.0 Å². The maximum absolute atomic E-state index is 13.0. The lowest BCUT2D eigenvalue weighted by molar-refractivity contribution is -0.117. The van der Waals surface area contributed by atoms with Gasteiger partial charge in [0, 0.05) is 12.7 Å². The van der Waals surface area contributed by atoms with Crippen LogP contribution in [0.1, 0.15) is 27.0 Å². The summed E-state index contributed by atoms with van der Waals surface area (Å²) >= 11 is 0. The second kappa shape index (κ2) is 9.15. The Labute approximate surface area is 169 Å². The number of aromatic carboxylic acids is 1. The van der Waals surface area contributed by atoms with Crippen LogP contribution in [0.3, 0.4) is 0 Å². The molecule has 0 saturated heterocycles. The van der Waals surface area contributed by atoms with Crippen LogP contribution in [-0.4, -0.2) is 24.0 Å². The Morgan fingerprint density at radius 2 is 1.48 bits per heavy atom. The molecule has 3 rings (SSSR count). The Balaban J connectivity index is 1.65. The summed E-state index contributed by atoms with van der Waals surface area (Å²) < 4.78 is 13.0. The van der Waals surface area contributed by atoms with Crippen molar-refractivity contribution >= 4 is 17.6 Å². The first kappa shape index (κ1) is 20.3. The number of hydrogen-bond donors (Lipinski definition) is 1. The van der Waals surface area contributed by atoms with Crippen molar-refractivity contribution < 1.29 is 19.1 Å². The highest BCUT2D eigenvalue weighted by molar-refractivity contribution is 5.94. The molecule has 5 heteroatoms. The summed E-state index contributed by atoms with van der Waals surface area (Å²) in [6.07, 6.45) is 1.64. The molecule has 0 aromatic heterocycles. The average molecular weight is 391 g/mol. The molecule has 29 heavy (non-hydrogen) atoms. The van der Waals surface area contributed by atoms with E-state index in [1.54, 1.807) is 42.3 Å². The molecule has 0 aliphatic heterocycles. The number of halogens is 1. The monoisotopic (exact) mass is 391 g/mol. The van der Waals surface area contributed by atoms with Gasteiger partial charge in [0.2, 0.25) is 5.91 Å². The van der Waals surface area contributed by atoms with Gasteiger partial charge in [-0.1, -0.05) is 36.4 Å². The Kier molecular flexibility index (Phi) is 6.39. The number of benzene rings is 3. The van der Waals surface area contributed by atoms with E-state index in [4.69, 9.17) is 5.11 Å². The molecule has 0 unspecified atom stereocenters. The number of hydrogen-bond acceptors (Lipinski definition) is 2. The molecule has 0 heterocycles. The molecule has 0 aliphatic carbocycles. The van der Waals surface area contributed by atoms with Crippen molar-refractivity contribution in [3.8, 4) is 0 Å². The Bertz CT molecular complexity index is 1010. The number of aryl methyl sites for hydroxylation is 2. The van der Waals surface area contributed by atoms with Gasteiger partial charge in [0.1, 0.15) is 5.82 Å². The minimum atomic E-state index is -0.935. The zero-order valence-corrected chi connectivity index (χ0v) is 16.1. The maximum atomic E-state index is 13.0. The molecule has 0 radical (unpaired) electrons. The smallest absolute Gasteiger partial charge is 0.335 e. The molecular weight excluding hydrogens is 369 g/mol. The lowest BCUT2D eigenvalue weighted by atomic mass is 10.0. The van der Waals surface area contributed by atoms with Crippen molar-refractivity contribution in [2.75, 3.05) is 11.9 Å². The van der Waals surface area contributed by atoms with Crippen molar-refractivity contribution in [3.63, 3.8) is 0 Å². The summed E-state index contributed by atoms with van der Waals surface area (Å²) in [5.41, 5.74) is 3.84. The van der Waals surface area contributed by atoms with Crippen molar-refractivity contribution in [2.24, 2.45) is 0 Å². The average Bonchev–Trinajstić information content (AvgIpc) is 2.73. The number of carbonyl (C=O) groups is 2. The molecule has 0 spiro atoms. The number of rotatable bonds is 7. The highest BCUT2D eigenvalue weighted by atomic mass is 19.1. The quantitative estimate of drug-likeness (QED) is 0.644. The third kappa shape index (κ3) is 5.51. The topological polar surface area (TPSA) is 57.6 Å². The summed E-state index contributed by atoms with van der Waals surface area (Å²) in [5.74, 6) is -1.34. The molecular formula is C24H22FNO3. The fraction of sp³-hybridized carbons (Fsp3) is 0.167. The first-order chi connectivity index (χ1) is 13.9. The lowest BCUT2D eigenvalue weighted by Gasteiger charge is -2.18. The van der Waals surface area contributed by atoms with Gasteiger partial charge in [-0.3, -0.25) is 4.79 Å². The molecule has 4 nitrogen and oxygen atoms in total. The van der Waals surface area contributed by atoms with Gasteiger partial charge in [0.05, 0.1) is 12.0 Å². The van der Waals surface area contributed by atoms with E-state index in [-0.39, 0.29) is 23.7 Å². The van der Waals surface area contributed by atoms with Crippen LogP contribution in [0.15, 0.2) is 72.8 Å². The van der Waals surface area contributed by atoms with Crippen molar-refractivity contribution in [3.05, 3.63) is 101 Å². The summed E-state index contributed by atoms with van der Waals surface area (Å²) in [5, 5.41) is 9.11. The van der Waals surface area contributed by atoms with E-state index >= 15 is 0 Å². The van der Waals surface area contributed by atoms with Gasteiger partial charge in [-0.2, -0.15) is 0 Å². The van der Waals surface area contributed by atoms with Crippen molar-refractivity contribution in [1.29, 1.82) is 0 Å². The normalized spacial score (nSPS) is 10.6. The first-order valence-electron chi connectivity index (χ1n) is 9.34. The maximum Gasteiger partial charge on any atom is 0.335 e. The molecule has 0 fully saturated rings. The van der Waals surface area contributed by atoms with Crippen molar-refractivity contribution in [1.82, 2.24) is 0 Å². The van der Waals surface area contributed by atoms with Gasteiger partial charge in [-0.25, -0.2) is 9.18 Å². The van der Waals surface area contributed by atoms with E-state index in [1.165, 1.54) is 12.1 Å². The second-order valence-electron chi connectivity index (χ2n) is 6.93. The Morgan fingerprint density at radius 3 is 2.14 bits per heavy atom. The highest BCUT2D eigenvalue weighted by Gasteiger charge is 2.12. The molecule has 1 N–H and O–H groups in total. The first-order valence-corrected chi connectivity index (χ1v) is 9.34. The number of anilines is 1. The minimum absolute atomic E-state index is 0.0806. The van der Waals surface area contributed by atoms with E-state index in [0.29, 0.717) is 6.42 Å². The van der Waals surface area contributed by atoms with Crippen LogP contribution in [0.4, 0.5) is 10.1 Å². The van der Waals surface area contributed by atoms with E-state index in [0.717, 1.165) is 28.8 Å². The Morgan fingerprint density at radius 1 is 0.862 bits per heavy atom. The number of likely N-dealkylation sites (N-methyl/N-ethyl adjacent to an activating group) is 1. The van der Waals surface area contributed by atoms with Crippen LogP contribution >= 0.6 is 0 Å². The summed E-state index contributed by atoms with van der Waals surface area (Å²) in [7, 11) is 1.72. The molecule has 0 saturated carbocycles. The molecule has 148 valence electrons. The van der Waals surface area contributed by atoms with E-state index < -0.39 is 5.97 Å². The van der Waals surface area contributed by atoms with Crippen LogP contribution < -0.4 is 4.90 Å². The van der Waals surface area contributed by atoms with E-state index in [9.17, 15) is 14.0 Å². The van der Waals surface area contributed by atoms with Crippen molar-refractivity contribution in [2.45, 2.75) is 19.3 Å². The van der Waals surface area contributed by atoms with Gasteiger partial charge in [0.15, 0.2) is 0 Å². The number of carbonyl (C=O) groups excluding carboxylic acids is 1. The zero-order chi connectivity index (χ0) is 20.8.